The number of carbonyl (C=O) groups is 2. The van der Waals surface area contributed by atoms with Crippen molar-refractivity contribution < 1.29 is 14.7 Å². The molecule has 1 aromatic carbocycles. The number of aliphatic carboxylic acids is 1. The Bertz CT molecular complexity index is 653. The van der Waals surface area contributed by atoms with E-state index in [0.717, 1.165) is 18.5 Å². The molecule has 0 spiro atoms. The summed E-state index contributed by atoms with van der Waals surface area (Å²) in [6.45, 7) is 1.96. The number of benzene rings is 1. The minimum atomic E-state index is -0.825. The summed E-state index contributed by atoms with van der Waals surface area (Å²) in [4.78, 5) is 25.4. The molecule has 0 radical (unpaired) electrons. The second-order valence-corrected chi connectivity index (χ2v) is 7.25. The maximum atomic E-state index is 11.8. The Hall–Kier alpha value is -1.30. The van der Waals surface area contributed by atoms with Crippen molar-refractivity contribution in [3.05, 3.63) is 33.8 Å². The number of nitrogens with zero attached hydrogens (tertiary/aromatic N) is 1. The maximum Gasteiger partial charge on any atom is 0.308 e. The fraction of sp³-hybridized carbons (Fsp3) is 0.529. The summed E-state index contributed by atoms with van der Waals surface area (Å²) in [5.41, 5.74) is 0.879. The largest absolute Gasteiger partial charge is 0.481 e. The summed E-state index contributed by atoms with van der Waals surface area (Å²) >= 11 is 12.0. The highest BCUT2D eigenvalue weighted by Crippen LogP contribution is 2.36. The van der Waals surface area contributed by atoms with Gasteiger partial charge in [-0.3, -0.25) is 9.59 Å². The number of carboxylic acid groups (broad SMARTS) is 1. The first-order valence-corrected chi connectivity index (χ1v) is 8.92. The van der Waals surface area contributed by atoms with Crippen LogP contribution in [-0.4, -0.2) is 47.6 Å². The number of carbonyl (C=O) groups excluding carboxylic acids is 1. The van der Waals surface area contributed by atoms with Gasteiger partial charge in [0.15, 0.2) is 0 Å². The molecule has 24 heavy (non-hydrogen) atoms. The molecule has 2 fully saturated rings. The van der Waals surface area contributed by atoms with E-state index < -0.39 is 11.9 Å². The number of rotatable bonds is 5. The molecule has 3 rings (SSSR count). The molecule has 5 nitrogen and oxygen atoms in total. The molecule has 1 amide bonds. The number of likely N-dealkylation sites (tertiary alicyclic amines) is 1. The summed E-state index contributed by atoms with van der Waals surface area (Å²) in [7, 11) is 0. The molecule has 2 aliphatic heterocycles. The lowest BCUT2D eigenvalue weighted by Gasteiger charge is -2.23. The number of hydrogen-bond donors (Lipinski definition) is 2. The summed E-state index contributed by atoms with van der Waals surface area (Å²) in [5.74, 6) is -1.36. The third-order valence-corrected chi connectivity index (χ3v) is 5.74. The van der Waals surface area contributed by atoms with Gasteiger partial charge in [-0.25, -0.2) is 0 Å². The summed E-state index contributed by atoms with van der Waals surface area (Å²) in [6, 6.07) is 5.13. The fourth-order valence-corrected chi connectivity index (χ4v) is 4.05. The lowest BCUT2D eigenvalue weighted by Crippen LogP contribution is -2.37. The monoisotopic (exact) mass is 370 g/mol. The Balaban J connectivity index is 1.71. The molecular formula is C17H20Cl2N2O3. The van der Waals surface area contributed by atoms with Crippen LogP contribution >= 0.6 is 23.2 Å². The van der Waals surface area contributed by atoms with E-state index in [-0.39, 0.29) is 17.9 Å². The van der Waals surface area contributed by atoms with E-state index in [1.54, 1.807) is 12.1 Å². The predicted molar refractivity (Wildman–Crippen MR) is 92.6 cm³/mol. The number of hydrogen-bond acceptors (Lipinski definition) is 3. The molecule has 2 aliphatic rings. The van der Waals surface area contributed by atoms with E-state index in [9.17, 15) is 14.7 Å². The van der Waals surface area contributed by atoms with Crippen LogP contribution in [0.2, 0.25) is 10.0 Å². The molecule has 2 heterocycles. The maximum absolute atomic E-state index is 11.8. The van der Waals surface area contributed by atoms with Crippen molar-refractivity contribution in [3.63, 3.8) is 0 Å². The number of halogens is 2. The quantitative estimate of drug-likeness (QED) is 0.835. The number of amides is 1. The van der Waals surface area contributed by atoms with Crippen molar-refractivity contribution in [2.45, 2.75) is 31.2 Å². The highest BCUT2D eigenvalue weighted by atomic mass is 35.5. The minimum Gasteiger partial charge on any atom is -0.481 e. The molecule has 3 atom stereocenters. The first-order chi connectivity index (χ1) is 11.5. The zero-order valence-electron chi connectivity index (χ0n) is 13.2. The second kappa shape index (κ2) is 7.30. The Kier molecular flexibility index (Phi) is 5.33. The fourth-order valence-electron chi connectivity index (χ4n) is 3.74. The second-order valence-electron chi connectivity index (χ2n) is 6.43. The van der Waals surface area contributed by atoms with E-state index in [1.807, 2.05) is 11.0 Å². The van der Waals surface area contributed by atoms with Crippen molar-refractivity contribution in [1.82, 2.24) is 10.2 Å². The Morgan fingerprint density at radius 2 is 2.12 bits per heavy atom. The minimum absolute atomic E-state index is 0.156. The molecule has 2 N–H and O–H groups in total. The SMILES string of the molecule is O=C(O)[C@H]1C(CCN2CCCC2=O)NCC1c1ccc(Cl)c(Cl)c1. The molecule has 130 valence electrons. The topological polar surface area (TPSA) is 69.6 Å². The zero-order valence-corrected chi connectivity index (χ0v) is 14.7. The van der Waals surface area contributed by atoms with E-state index in [0.29, 0.717) is 36.0 Å². The van der Waals surface area contributed by atoms with Crippen molar-refractivity contribution in [2.75, 3.05) is 19.6 Å². The predicted octanol–water partition coefficient (Wildman–Crippen LogP) is 2.76. The summed E-state index contributed by atoms with van der Waals surface area (Å²) < 4.78 is 0. The molecule has 2 unspecified atom stereocenters. The molecule has 1 aromatic rings. The first kappa shape index (κ1) is 17.5. The van der Waals surface area contributed by atoms with Crippen LogP contribution < -0.4 is 5.32 Å². The molecule has 7 heteroatoms. The third kappa shape index (κ3) is 3.53. The summed E-state index contributed by atoms with van der Waals surface area (Å²) in [5, 5.41) is 13.9. The van der Waals surface area contributed by atoms with E-state index in [2.05, 4.69) is 5.32 Å². The molecule has 0 saturated carbocycles. The van der Waals surface area contributed by atoms with Gasteiger partial charge in [-0.05, 0) is 30.5 Å². The van der Waals surface area contributed by atoms with Crippen LogP contribution in [0.3, 0.4) is 0 Å². The normalized spacial score (nSPS) is 27.0. The van der Waals surface area contributed by atoms with Crippen LogP contribution in [0.15, 0.2) is 18.2 Å². The lowest BCUT2D eigenvalue weighted by molar-refractivity contribution is -0.142. The standard InChI is InChI=1S/C17H20Cl2N2O3/c18-12-4-3-10(8-13(12)19)11-9-20-14(16(11)17(23)24)5-7-21-6-1-2-15(21)22/h3-4,8,11,14,16,20H,1-2,5-7,9H2,(H,23,24)/t11?,14?,16-/m1/s1. The molecule has 0 bridgehead atoms. The highest BCUT2D eigenvalue weighted by molar-refractivity contribution is 6.42. The van der Waals surface area contributed by atoms with E-state index in [4.69, 9.17) is 23.2 Å². The van der Waals surface area contributed by atoms with Crippen LogP contribution in [0.1, 0.15) is 30.7 Å². The molecule has 0 aromatic heterocycles. The van der Waals surface area contributed by atoms with Crippen molar-refractivity contribution in [2.24, 2.45) is 5.92 Å². The Labute approximate surface area is 150 Å². The van der Waals surface area contributed by atoms with E-state index in [1.165, 1.54) is 0 Å². The smallest absolute Gasteiger partial charge is 0.308 e. The number of nitrogens with one attached hydrogen (secondary N) is 1. The van der Waals surface area contributed by atoms with Gasteiger partial charge >= 0.3 is 5.97 Å². The van der Waals surface area contributed by atoms with Gasteiger partial charge in [0.2, 0.25) is 5.91 Å². The van der Waals surface area contributed by atoms with Crippen LogP contribution in [0.4, 0.5) is 0 Å². The van der Waals surface area contributed by atoms with Crippen molar-refractivity contribution in [3.8, 4) is 0 Å². The van der Waals surface area contributed by atoms with Gasteiger partial charge in [0.05, 0.1) is 16.0 Å². The molecular weight excluding hydrogens is 351 g/mol. The lowest BCUT2D eigenvalue weighted by atomic mass is 9.84. The van der Waals surface area contributed by atoms with Crippen LogP contribution in [0.25, 0.3) is 0 Å². The van der Waals surface area contributed by atoms with Crippen LogP contribution in [0.5, 0.6) is 0 Å². The van der Waals surface area contributed by atoms with Gasteiger partial charge in [-0.15, -0.1) is 0 Å². The molecule has 2 saturated heterocycles. The van der Waals surface area contributed by atoms with Gasteiger partial charge in [-0.2, -0.15) is 0 Å². The Morgan fingerprint density at radius 3 is 2.75 bits per heavy atom. The molecule has 0 aliphatic carbocycles. The van der Waals surface area contributed by atoms with Crippen molar-refractivity contribution >= 4 is 35.1 Å². The Morgan fingerprint density at radius 1 is 1.33 bits per heavy atom. The van der Waals surface area contributed by atoms with Gasteiger partial charge < -0.3 is 15.3 Å². The van der Waals surface area contributed by atoms with Gasteiger partial charge in [0, 0.05) is 38.0 Å². The van der Waals surface area contributed by atoms with Crippen LogP contribution in [-0.2, 0) is 9.59 Å². The number of carboxylic acids is 1. The van der Waals surface area contributed by atoms with E-state index >= 15 is 0 Å². The first-order valence-electron chi connectivity index (χ1n) is 8.16. The van der Waals surface area contributed by atoms with Crippen molar-refractivity contribution in [1.29, 1.82) is 0 Å². The third-order valence-electron chi connectivity index (χ3n) is 5.01. The average molecular weight is 371 g/mol. The van der Waals surface area contributed by atoms with Gasteiger partial charge in [0.25, 0.3) is 0 Å². The van der Waals surface area contributed by atoms with Crippen LogP contribution in [0, 0.1) is 5.92 Å². The summed E-state index contributed by atoms with van der Waals surface area (Å²) in [6.07, 6.45) is 2.14. The van der Waals surface area contributed by atoms with Gasteiger partial charge in [0.1, 0.15) is 0 Å². The average Bonchev–Trinajstić information content (AvgIpc) is 3.14. The zero-order chi connectivity index (χ0) is 17.3. The van der Waals surface area contributed by atoms with Gasteiger partial charge in [-0.1, -0.05) is 29.3 Å². The highest BCUT2D eigenvalue weighted by Gasteiger charge is 2.41.